The van der Waals surface area contributed by atoms with Crippen molar-refractivity contribution in [2.24, 2.45) is 0 Å². The van der Waals surface area contributed by atoms with Crippen molar-refractivity contribution in [3.63, 3.8) is 0 Å². The Kier molecular flexibility index (Phi) is 4.38. The van der Waals surface area contributed by atoms with Crippen molar-refractivity contribution < 1.29 is 23.1 Å². The molecular weight excluding hydrogens is 243 g/mol. The maximum absolute atomic E-state index is 12.0. The number of thiophene rings is 1. The molecule has 17 heavy (non-hydrogen) atoms. The van der Waals surface area contributed by atoms with Crippen LogP contribution in [0.4, 0.5) is 0 Å². The van der Waals surface area contributed by atoms with Crippen LogP contribution in [0.3, 0.4) is 0 Å². The Balaban J connectivity index is 0.00000108. The summed E-state index contributed by atoms with van der Waals surface area (Å²) in [5, 5.41) is 2.45. The summed E-state index contributed by atoms with van der Waals surface area (Å²) in [5.74, 6) is 0.851. The first-order valence-electron chi connectivity index (χ1n) is 5.58. The molecule has 0 amide bonds. The Bertz CT molecular complexity index is 502. The Hall–Kier alpha value is -0.203. The van der Waals surface area contributed by atoms with Gasteiger partial charge in [-0.3, -0.25) is 4.21 Å². The van der Waals surface area contributed by atoms with E-state index in [9.17, 15) is 4.21 Å². The molecule has 1 aliphatic rings. The molecule has 2 heterocycles. The van der Waals surface area contributed by atoms with E-state index in [1.807, 2.05) is 0 Å². The van der Waals surface area contributed by atoms with Crippen molar-refractivity contribution in [1.29, 1.82) is 0 Å². The van der Waals surface area contributed by atoms with E-state index in [1.54, 1.807) is 11.3 Å². The second-order valence-electron chi connectivity index (χ2n) is 4.08. The van der Waals surface area contributed by atoms with Crippen LogP contribution in [0.1, 0.15) is 24.1 Å². The van der Waals surface area contributed by atoms with Crippen molar-refractivity contribution in [2.75, 3.05) is 5.75 Å². The standard InChI is InChI=1S/C13H13OS2.Li/c14-16-8-4-3-7-13(16)12-9-10-5-1-2-6-11(10)15-12;/h1-2,5-6,9H,3-4,7-8H2;/q-1;+1. The summed E-state index contributed by atoms with van der Waals surface area (Å²) in [4.78, 5) is 1.24. The first-order valence-corrected chi connectivity index (χ1v) is 7.71. The van der Waals surface area contributed by atoms with Crippen molar-refractivity contribution >= 4 is 32.2 Å². The van der Waals surface area contributed by atoms with Gasteiger partial charge < -0.3 is 0 Å². The fourth-order valence-electron chi connectivity index (χ4n) is 2.11. The number of hydrogen-bond donors (Lipinski definition) is 0. The zero-order valence-electron chi connectivity index (χ0n) is 9.94. The van der Waals surface area contributed by atoms with E-state index in [1.165, 1.54) is 26.6 Å². The third-order valence-electron chi connectivity index (χ3n) is 2.96. The molecule has 0 radical (unpaired) electrons. The second kappa shape index (κ2) is 5.63. The van der Waals surface area contributed by atoms with Crippen molar-refractivity contribution in [2.45, 2.75) is 19.3 Å². The zero-order chi connectivity index (χ0) is 11.0. The normalized spacial score (nSPS) is 20.2. The molecule has 1 saturated heterocycles. The average molecular weight is 256 g/mol. The van der Waals surface area contributed by atoms with Gasteiger partial charge in [0.2, 0.25) is 0 Å². The third kappa shape index (κ3) is 2.63. The molecule has 1 aliphatic heterocycles. The van der Waals surface area contributed by atoms with Crippen molar-refractivity contribution in [1.82, 2.24) is 0 Å². The van der Waals surface area contributed by atoms with Crippen LogP contribution in [0.5, 0.6) is 0 Å². The van der Waals surface area contributed by atoms with Gasteiger partial charge in [0, 0.05) is 10.5 Å². The minimum absolute atomic E-state index is 0. The summed E-state index contributed by atoms with van der Waals surface area (Å²) in [5.41, 5.74) is 0. The second-order valence-corrected chi connectivity index (χ2v) is 6.75. The molecule has 3 rings (SSSR count). The summed E-state index contributed by atoms with van der Waals surface area (Å²) >= 11 is 1.78. The van der Waals surface area contributed by atoms with Gasteiger partial charge >= 0.3 is 18.9 Å². The van der Waals surface area contributed by atoms with Gasteiger partial charge in [-0.25, -0.2) is 0 Å². The van der Waals surface area contributed by atoms with Crippen molar-refractivity contribution in [3.05, 3.63) is 40.5 Å². The first kappa shape index (κ1) is 13.2. The first-order chi connectivity index (χ1) is 7.84. The molecule has 1 nitrogen and oxygen atoms in total. The minimum atomic E-state index is -0.729. The Morgan fingerprint density at radius 3 is 2.82 bits per heavy atom. The van der Waals surface area contributed by atoms with E-state index >= 15 is 0 Å². The predicted octanol–water partition coefficient (Wildman–Crippen LogP) is 0.718. The molecule has 1 aromatic carbocycles. The fraction of sp³-hybridized carbons (Fsp3) is 0.308. The van der Waals surface area contributed by atoms with Crippen LogP contribution in [0.2, 0.25) is 0 Å². The Labute approximate surface area is 120 Å². The van der Waals surface area contributed by atoms with E-state index in [0.717, 1.165) is 18.6 Å². The molecule has 1 fully saturated rings. The van der Waals surface area contributed by atoms with E-state index in [0.29, 0.717) is 0 Å². The molecule has 2 aromatic rings. The van der Waals surface area contributed by atoms with Crippen LogP contribution in [0.15, 0.2) is 30.3 Å². The van der Waals surface area contributed by atoms with Gasteiger partial charge in [0.1, 0.15) is 0 Å². The molecule has 1 aromatic heterocycles. The van der Waals surface area contributed by atoms with Crippen LogP contribution in [-0.2, 0) is 10.8 Å². The number of rotatable bonds is 1. The van der Waals surface area contributed by atoms with E-state index < -0.39 is 10.8 Å². The molecule has 84 valence electrons. The summed E-state index contributed by atoms with van der Waals surface area (Å²) in [7, 11) is -0.729. The number of fused-ring (bicyclic) bond motifs is 1. The largest absolute Gasteiger partial charge is 1.00 e. The van der Waals surface area contributed by atoms with Crippen LogP contribution < -0.4 is 18.9 Å². The smallest absolute Gasteiger partial charge is 0.274 e. The monoisotopic (exact) mass is 256 g/mol. The van der Waals surface area contributed by atoms with Gasteiger partial charge in [-0.05, 0) is 23.3 Å². The maximum Gasteiger partial charge on any atom is 1.00 e. The predicted molar refractivity (Wildman–Crippen MR) is 71.0 cm³/mol. The topological polar surface area (TPSA) is 17.1 Å². The Morgan fingerprint density at radius 2 is 2.06 bits per heavy atom. The van der Waals surface area contributed by atoms with Gasteiger partial charge in [0.15, 0.2) is 0 Å². The van der Waals surface area contributed by atoms with E-state index in [2.05, 4.69) is 30.3 Å². The van der Waals surface area contributed by atoms with Crippen LogP contribution in [0.25, 0.3) is 10.1 Å². The van der Waals surface area contributed by atoms with E-state index in [-0.39, 0.29) is 18.9 Å². The molecule has 1 atom stereocenters. The minimum Gasteiger partial charge on any atom is -0.274 e. The van der Waals surface area contributed by atoms with Crippen LogP contribution in [-0.4, -0.2) is 9.96 Å². The molecule has 0 N–H and O–H groups in total. The molecule has 1 unspecified atom stereocenters. The quantitative estimate of drug-likeness (QED) is 0.543. The molecular formula is C13H13LiOS2. The molecule has 0 bridgehead atoms. The summed E-state index contributed by atoms with van der Waals surface area (Å²) < 4.78 is 13.3. The summed E-state index contributed by atoms with van der Waals surface area (Å²) in [6.45, 7) is 0. The molecule has 0 aliphatic carbocycles. The van der Waals surface area contributed by atoms with Gasteiger partial charge in [-0.2, -0.15) is 17.4 Å². The number of benzene rings is 1. The van der Waals surface area contributed by atoms with E-state index in [4.69, 9.17) is 0 Å². The average Bonchev–Trinajstić information content (AvgIpc) is 2.73. The summed E-state index contributed by atoms with van der Waals surface area (Å²) in [6, 6.07) is 10.6. The number of hydrogen-bond acceptors (Lipinski definition) is 2. The van der Waals surface area contributed by atoms with Gasteiger partial charge in [-0.1, -0.05) is 36.4 Å². The van der Waals surface area contributed by atoms with Gasteiger partial charge in [0.25, 0.3) is 0 Å². The van der Waals surface area contributed by atoms with Gasteiger partial charge in [0.05, 0.1) is 0 Å². The third-order valence-corrected chi connectivity index (χ3v) is 5.90. The zero-order valence-corrected chi connectivity index (χ0v) is 11.6. The maximum atomic E-state index is 12.0. The van der Waals surface area contributed by atoms with Crippen molar-refractivity contribution in [3.8, 4) is 0 Å². The fourth-order valence-corrected chi connectivity index (χ4v) is 4.91. The summed E-state index contributed by atoms with van der Waals surface area (Å²) in [6.07, 6.45) is 3.32. The molecule has 0 saturated carbocycles. The van der Waals surface area contributed by atoms with Crippen LogP contribution >= 0.6 is 11.3 Å². The van der Waals surface area contributed by atoms with Gasteiger partial charge in [-0.15, -0.1) is 10.1 Å². The van der Waals surface area contributed by atoms with Crippen LogP contribution in [0, 0.1) is 5.25 Å². The molecule has 0 spiro atoms. The SMILES string of the molecule is O=S1CCCC[C-]1c1cc2ccccc2s1.[Li+]. The Morgan fingerprint density at radius 1 is 1.24 bits per heavy atom. The molecule has 4 heteroatoms.